The quantitative estimate of drug-likeness (QED) is 0.676. The van der Waals surface area contributed by atoms with Gasteiger partial charge in [-0.25, -0.2) is 0 Å². The van der Waals surface area contributed by atoms with Crippen LogP contribution in [0.15, 0.2) is 18.2 Å². The average Bonchev–Trinajstić information content (AvgIpc) is 2.42. The van der Waals surface area contributed by atoms with Crippen molar-refractivity contribution in [2.24, 2.45) is 0 Å². The number of benzene rings is 1. The van der Waals surface area contributed by atoms with Gasteiger partial charge in [0.25, 0.3) is 0 Å². The summed E-state index contributed by atoms with van der Waals surface area (Å²) in [6.07, 6.45) is 0. The molecule has 0 aliphatic carbocycles. The Morgan fingerprint density at radius 1 is 1.14 bits per heavy atom. The Labute approximate surface area is 146 Å². The maximum Gasteiger partial charge on any atom is 0.137 e. The molecule has 0 aromatic heterocycles. The van der Waals surface area contributed by atoms with E-state index in [9.17, 15) is 0 Å². The molecule has 0 saturated heterocycles. The first-order valence-electron chi connectivity index (χ1n) is 7.05. The van der Waals surface area contributed by atoms with Gasteiger partial charge >= 0.3 is 0 Å². The van der Waals surface area contributed by atoms with E-state index in [-0.39, 0.29) is 24.8 Å². The van der Waals surface area contributed by atoms with Crippen LogP contribution in [0.5, 0.6) is 5.75 Å². The molecule has 1 N–H and O–H groups in total. The van der Waals surface area contributed by atoms with Crippen molar-refractivity contribution in [3.63, 3.8) is 0 Å². The van der Waals surface area contributed by atoms with Gasteiger partial charge in [0.1, 0.15) is 5.75 Å². The summed E-state index contributed by atoms with van der Waals surface area (Å²) in [5.74, 6) is 0.760. The normalized spacial score (nSPS) is 9.95. The fourth-order valence-electron chi connectivity index (χ4n) is 1.94. The molecule has 0 radical (unpaired) electrons. The van der Waals surface area contributed by atoms with E-state index in [0.717, 1.165) is 38.5 Å². The van der Waals surface area contributed by atoms with Gasteiger partial charge in [0, 0.05) is 19.6 Å². The zero-order valence-corrected chi connectivity index (χ0v) is 15.4. The molecule has 0 unspecified atom stereocenters. The molecule has 0 bridgehead atoms. The smallest absolute Gasteiger partial charge is 0.137 e. The molecule has 6 heteroatoms. The summed E-state index contributed by atoms with van der Waals surface area (Å²) in [5.41, 5.74) is 1.19. The average molecular weight is 358 g/mol. The lowest BCUT2D eigenvalue weighted by atomic mass is 10.2. The van der Waals surface area contributed by atoms with Gasteiger partial charge in [-0.3, -0.25) is 0 Å². The van der Waals surface area contributed by atoms with E-state index in [1.165, 1.54) is 5.56 Å². The van der Waals surface area contributed by atoms with Crippen LogP contribution in [0.4, 0.5) is 0 Å². The van der Waals surface area contributed by atoms with E-state index >= 15 is 0 Å². The molecule has 1 rings (SSSR count). The van der Waals surface area contributed by atoms with Gasteiger partial charge in [-0.2, -0.15) is 0 Å². The van der Waals surface area contributed by atoms with Crippen molar-refractivity contribution in [3.8, 4) is 5.75 Å². The highest BCUT2D eigenvalue weighted by molar-refractivity contribution is 6.32. The number of halogens is 3. The first-order chi connectivity index (χ1) is 9.21. The maximum atomic E-state index is 6.16. The Hall–Kier alpha value is -0.190. The number of nitrogens with one attached hydrogen (secondary N) is 1. The first kappa shape index (κ1) is 23.1. The summed E-state index contributed by atoms with van der Waals surface area (Å²) in [5, 5.41) is 4.12. The fraction of sp³-hybridized carbons (Fsp3) is 0.600. The predicted octanol–water partition coefficient (Wildman–Crippen LogP) is 4.01. The van der Waals surface area contributed by atoms with E-state index in [4.69, 9.17) is 16.3 Å². The van der Waals surface area contributed by atoms with Crippen molar-refractivity contribution in [2.75, 3.05) is 32.8 Å². The molecule has 124 valence electrons. The number of rotatable bonds is 9. The molecule has 0 aliphatic heterocycles. The van der Waals surface area contributed by atoms with E-state index < -0.39 is 0 Å². The highest BCUT2D eigenvalue weighted by Crippen LogP contribution is 2.25. The Morgan fingerprint density at radius 3 is 2.33 bits per heavy atom. The zero-order chi connectivity index (χ0) is 14.1. The van der Waals surface area contributed by atoms with Crippen molar-refractivity contribution in [3.05, 3.63) is 28.8 Å². The van der Waals surface area contributed by atoms with Crippen LogP contribution in [0.25, 0.3) is 0 Å². The van der Waals surface area contributed by atoms with Crippen LogP contribution in [-0.4, -0.2) is 37.7 Å². The number of nitrogens with zero attached hydrogens (tertiary/aromatic N) is 1. The first-order valence-corrected chi connectivity index (χ1v) is 7.43. The molecular weight excluding hydrogens is 331 g/mol. The predicted molar refractivity (Wildman–Crippen MR) is 96.6 cm³/mol. The van der Waals surface area contributed by atoms with Crippen LogP contribution < -0.4 is 10.1 Å². The summed E-state index contributed by atoms with van der Waals surface area (Å²) in [6, 6.07) is 5.96. The Bertz CT molecular complexity index is 374. The Balaban J connectivity index is 0. The molecule has 1 aromatic rings. The molecular formula is C15H27Cl3N2O. The minimum Gasteiger partial charge on any atom is -0.492 e. The molecule has 0 saturated carbocycles. The molecule has 21 heavy (non-hydrogen) atoms. The third kappa shape index (κ3) is 8.74. The second-order valence-corrected chi connectivity index (χ2v) is 4.81. The summed E-state index contributed by atoms with van der Waals surface area (Å²) >= 11 is 6.16. The van der Waals surface area contributed by atoms with E-state index in [0.29, 0.717) is 11.6 Å². The lowest BCUT2D eigenvalue weighted by Gasteiger charge is -2.18. The van der Waals surface area contributed by atoms with E-state index in [2.05, 4.69) is 30.1 Å². The van der Waals surface area contributed by atoms with E-state index in [1.807, 2.05) is 19.1 Å². The molecule has 0 amide bonds. The van der Waals surface area contributed by atoms with Crippen LogP contribution in [0.3, 0.4) is 0 Å². The van der Waals surface area contributed by atoms with Gasteiger partial charge < -0.3 is 15.0 Å². The van der Waals surface area contributed by atoms with Gasteiger partial charge in [0.15, 0.2) is 0 Å². The second-order valence-electron chi connectivity index (χ2n) is 4.40. The van der Waals surface area contributed by atoms with Crippen molar-refractivity contribution in [2.45, 2.75) is 27.3 Å². The zero-order valence-electron chi connectivity index (χ0n) is 13.0. The summed E-state index contributed by atoms with van der Waals surface area (Å²) in [7, 11) is 0. The minimum atomic E-state index is 0. The van der Waals surface area contributed by atoms with Gasteiger partial charge in [-0.15, -0.1) is 24.8 Å². The molecule has 3 nitrogen and oxygen atoms in total. The lowest BCUT2D eigenvalue weighted by molar-refractivity contribution is 0.302. The minimum absolute atomic E-state index is 0. The molecule has 0 atom stereocenters. The second kappa shape index (κ2) is 13.5. The van der Waals surface area contributed by atoms with Gasteiger partial charge in [-0.1, -0.05) is 31.5 Å². The van der Waals surface area contributed by atoms with Crippen LogP contribution >= 0.6 is 36.4 Å². The van der Waals surface area contributed by atoms with Crippen molar-refractivity contribution in [1.29, 1.82) is 0 Å². The van der Waals surface area contributed by atoms with Crippen molar-refractivity contribution in [1.82, 2.24) is 10.2 Å². The van der Waals surface area contributed by atoms with Crippen LogP contribution in [0, 0.1) is 0 Å². The maximum absolute atomic E-state index is 6.16. The molecule has 0 aliphatic rings. The fourth-order valence-corrected chi connectivity index (χ4v) is 2.19. The third-order valence-electron chi connectivity index (χ3n) is 3.12. The van der Waals surface area contributed by atoms with Crippen LogP contribution in [-0.2, 0) is 6.54 Å². The summed E-state index contributed by atoms with van der Waals surface area (Å²) < 4.78 is 5.42. The monoisotopic (exact) mass is 356 g/mol. The largest absolute Gasteiger partial charge is 0.492 e. The standard InChI is InChI=1S/C15H25ClN2O.2ClH/c1-4-18(5-2)10-9-17-12-13-7-8-15(19-6-3)14(16)11-13;;/h7-8,11,17H,4-6,9-10,12H2,1-3H3;2*1H. The SMILES string of the molecule is CCOc1ccc(CNCCN(CC)CC)cc1Cl.Cl.Cl. The Morgan fingerprint density at radius 2 is 1.81 bits per heavy atom. The molecule has 1 aromatic carbocycles. The highest BCUT2D eigenvalue weighted by atomic mass is 35.5. The van der Waals surface area contributed by atoms with Gasteiger partial charge in [0.05, 0.1) is 11.6 Å². The van der Waals surface area contributed by atoms with Crippen molar-refractivity contribution >= 4 is 36.4 Å². The number of hydrogen-bond acceptors (Lipinski definition) is 3. The highest BCUT2D eigenvalue weighted by Gasteiger charge is 2.03. The number of hydrogen-bond donors (Lipinski definition) is 1. The Kier molecular flexibility index (Phi) is 14.8. The van der Waals surface area contributed by atoms with E-state index in [1.54, 1.807) is 0 Å². The summed E-state index contributed by atoms with van der Waals surface area (Å²) in [6.45, 7) is 12.1. The van der Waals surface area contributed by atoms with Gasteiger partial charge in [0.2, 0.25) is 0 Å². The number of likely N-dealkylation sites (N-methyl/N-ethyl adjacent to an activating group) is 1. The van der Waals surface area contributed by atoms with Crippen LogP contribution in [0.1, 0.15) is 26.3 Å². The lowest BCUT2D eigenvalue weighted by Crippen LogP contribution is -2.31. The van der Waals surface area contributed by atoms with Crippen molar-refractivity contribution < 1.29 is 4.74 Å². The molecule has 0 fully saturated rings. The third-order valence-corrected chi connectivity index (χ3v) is 3.42. The van der Waals surface area contributed by atoms with Crippen LogP contribution in [0.2, 0.25) is 5.02 Å². The number of ether oxygens (including phenoxy) is 1. The van der Waals surface area contributed by atoms with Gasteiger partial charge in [-0.05, 0) is 37.7 Å². The molecule has 0 spiro atoms. The molecule has 0 heterocycles. The topological polar surface area (TPSA) is 24.5 Å². The summed E-state index contributed by atoms with van der Waals surface area (Å²) in [4.78, 5) is 2.40.